The van der Waals surface area contributed by atoms with Crippen molar-refractivity contribution in [2.45, 2.75) is 19.4 Å². The number of hydrogen-bond donors (Lipinski definition) is 0. The molecule has 2 aromatic carbocycles. The Morgan fingerprint density at radius 1 is 1.04 bits per heavy atom. The molecule has 4 nitrogen and oxygen atoms in total. The van der Waals surface area contributed by atoms with Crippen LogP contribution in [-0.4, -0.2) is 12.7 Å². The van der Waals surface area contributed by atoms with Crippen LogP contribution in [0.5, 0.6) is 11.5 Å². The topological polar surface area (TPSA) is 48.7 Å². The second-order valence-corrected chi connectivity index (χ2v) is 6.61. The summed E-state index contributed by atoms with van der Waals surface area (Å²) in [6.07, 6.45) is 3.92. The van der Waals surface area contributed by atoms with Gasteiger partial charge >= 0.3 is 5.63 Å². The summed E-state index contributed by atoms with van der Waals surface area (Å²) in [5.74, 6) is 1.47. The molecule has 0 fully saturated rings. The average Bonchev–Trinajstić information content (AvgIpc) is 2.60. The second-order valence-electron chi connectivity index (χ2n) is 6.61. The molecule has 2 heterocycles. The third-order valence-corrected chi connectivity index (χ3v) is 4.33. The first-order chi connectivity index (χ1) is 12.0. The molecule has 0 spiro atoms. The molecule has 0 unspecified atom stereocenters. The van der Waals surface area contributed by atoms with Gasteiger partial charge in [0.2, 0.25) is 0 Å². The van der Waals surface area contributed by atoms with E-state index in [2.05, 4.69) is 0 Å². The summed E-state index contributed by atoms with van der Waals surface area (Å²) < 4.78 is 16.8. The fraction of sp³-hybridized carbons (Fsp3) is 0.190. The summed E-state index contributed by atoms with van der Waals surface area (Å²) in [6, 6.07) is 13.0. The van der Waals surface area contributed by atoms with E-state index in [1.54, 1.807) is 7.11 Å². The largest absolute Gasteiger partial charge is 0.497 e. The van der Waals surface area contributed by atoms with Crippen molar-refractivity contribution in [3.63, 3.8) is 0 Å². The number of hydrogen-bond acceptors (Lipinski definition) is 4. The number of ether oxygens (including phenoxy) is 2. The molecule has 1 aliphatic heterocycles. The highest BCUT2D eigenvalue weighted by Gasteiger charge is 2.24. The van der Waals surface area contributed by atoms with Crippen LogP contribution in [0.2, 0.25) is 0 Å². The molecule has 25 heavy (non-hydrogen) atoms. The van der Waals surface area contributed by atoms with Crippen molar-refractivity contribution in [2.24, 2.45) is 0 Å². The van der Waals surface area contributed by atoms with Crippen molar-refractivity contribution in [1.82, 2.24) is 0 Å². The van der Waals surface area contributed by atoms with Gasteiger partial charge in [0.15, 0.2) is 0 Å². The molecule has 1 aliphatic rings. The minimum absolute atomic E-state index is 0.371. The van der Waals surface area contributed by atoms with Gasteiger partial charge in [-0.25, -0.2) is 4.79 Å². The fourth-order valence-corrected chi connectivity index (χ4v) is 3.01. The van der Waals surface area contributed by atoms with Gasteiger partial charge in [-0.15, -0.1) is 0 Å². The van der Waals surface area contributed by atoms with Crippen molar-refractivity contribution < 1.29 is 13.9 Å². The van der Waals surface area contributed by atoms with E-state index in [1.165, 1.54) is 0 Å². The van der Waals surface area contributed by atoms with E-state index in [9.17, 15) is 4.79 Å². The molecule has 4 heteroatoms. The summed E-state index contributed by atoms with van der Waals surface area (Å²) in [4.78, 5) is 12.5. The first kappa shape index (κ1) is 15.5. The van der Waals surface area contributed by atoms with Crippen molar-refractivity contribution in [3.05, 3.63) is 64.5 Å². The van der Waals surface area contributed by atoms with Gasteiger partial charge in [0.25, 0.3) is 0 Å². The Hall–Kier alpha value is -3.01. The molecule has 0 saturated carbocycles. The zero-order valence-electron chi connectivity index (χ0n) is 14.3. The summed E-state index contributed by atoms with van der Waals surface area (Å²) >= 11 is 0. The smallest absolute Gasteiger partial charge is 0.344 e. The highest BCUT2D eigenvalue weighted by atomic mass is 16.5. The highest BCUT2D eigenvalue weighted by molar-refractivity contribution is 5.91. The van der Waals surface area contributed by atoms with Crippen molar-refractivity contribution in [1.29, 1.82) is 0 Å². The molecular formula is C21H18O4. The number of fused-ring (bicyclic) bond motifs is 3. The van der Waals surface area contributed by atoms with E-state index in [4.69, 9.17) is 13.9 Å². The SMILES string of the molecule is COc1ccc(-c2cc3ccc4c(c3oc2=O)C=CC(C)(C)O4)cc1. The Kier molecular flexibility index (Phi) is 3.42. The summed E-state index contributed by atoms with van der Waals surface area (Å²) in [6.45, 7) is 3.97. The number of benzene rings is 2. The van der Waals surface area contributed by atoms with Crippen LogP contribution in [0.15, 0.2) is 57.8 Å². The molecule has 0 amide bonds. The number of rotatable bonds is 2. The molecule has 4 rings (SSSR count). The molecule has 0 saturated heterocycles. The monoisotopic (exact) mass is 334 g/mol. The Labute approximate surface area is 145 Å². The Bertz CT molecular complexity index is 1040. The zero-order valence-corrected chi connectivity index (χ0v) is 14.3. The van der Waals surface area contributed by atoms with Crippen LogP contribution >= 0.6 is 0 Å². The molecule has 0 bridgehead atoms. The number of methoxy groups -OCH3 is 1. The summed E-state index contributed by atoms with van der Waals surface area (Å²) in [5.41, 5.74) is 1.92. The standard InChI is InChI=1S/C21H18O4/c1-21(2)11-10-16-18(25-21)9-6-14-12-17(20(22)24-19(14)16)13-4-7-15(23-3)8-5-13/h4-12H,1-3H3. The summed E-state index contributed by atoms with van der Waals surface area (Å²) in [7, 11) is 1.61. The maximum absolute atomic E-state index is 12.5. The van der Waals surface area contributed by atoms with E-state index >= 15 is 0 Å². The Morgan fingerprint density at radius 2 is 1.80 bits per heavy atom. The van der Waals surface area contributed by atoms with Crippen LogP contribution in [-0.2, 0) is 0 Å². The lowest BCUT2D eigenvalue weighted by atomic mass is 9.99. The third-order valence-electron chi connectivity index (χ3n) is 4.33. The maximum Gasteiger partial charge on any atom is 0.344 e. The molecule has 0 N–H and O–H groups in total. The van der Waals surface area contributed by atoms with Crippen LogP contribution in [0.25, 0.3) is 28.2 Å². The highest BCUT2D eigenvalue weighted by Crippen LogP contribution is 2.36. The Morgan fingerprint density at radius 3 is 2.52 bits per heavy atom. The van der Waals surface area contributed by atoms with Crippen LogP contribution < -0.4 is 15.1 Å². The van der Waals surface area contributed by atoms with Crippen molar-refractivity contribution in [2.75, 3.05) is 7.11 Å². The minimum atomic E-state index is -0.371. The van der Waals surface area contributed by atoms with E-state index < -0.39 is 0 Å². The minimum Gasteiger partial charge on any atom is -0.497 e. The maximum atomic E-state index is 12.5. The third kappa shape index (κ3) is 2.70. The van der Waals surface area contributed by atoms with Gasteiger partial charge in [-0.1, -0.05) is 12.1 Å². The Balaban J connectivity index is 1.87. The van der Waals surface area contributed by atoms with E-state index in [0.717, 1.165) is 28.0 Å². The molecule has 0 aliphatic carbocycles. The lowest BCUT2D eigenvalue weighted by molar-refractivity contribution is 0.159. The zero-order chi connectivity index (χ0) is 17.6. The molecule has 0 atom stereocenters. The quantitative estimate of drug-likeness (QED) is 0.640. The van der Waals surface area contributed by atoms with Crippen molar-refractivity contribution in [3.8, 4) is 22.6 Å². The van der Waals surface area contributed by atoms with Crippen LogP contribution in [0.1, 0.15) is 19.4 Å². The molecule has 126 valence electrons. The van der Waals surface area contributed by atoms with Gasteiger partial charge in [0.05, 0.1) is 18.2 Å². The van der Waals surface area contributed by atoms with Gasteiger partial charge in [-0.3, -0.25) is 0 Å². The van der Waals surface area contributed by atoms with Crippen LogP contribution in [0.3, 0.4) is 0 Å². The molecule has 1 aromatic heterocycles. The predicted molar refractivity (Wildman–Crippen MR) is 98.2 cm³/mol. The van der Waals surface area contributed by atoms with Gasteiger partial charge in [0, 0.05) is 5.39 Å². The van der Waals surface area contributed by atoms with Gasteiger partial charge < -0.3 is 13.9 Å². The first-order valence-electron chi connectivity index (χ1n) is 8.10. The van der Waals surface area contributed by atoms with Gasteiger partial charge in [0.1, 0.15) is 22.7 Å². The van der Waals surface area contributed by atoms with E-state index in [-0.39, 0.29) is 11.2 Å². The van der Waals surface area contributed by atoms with Crippen LogP contribution in [0, 0.1) is 0 Å². The normalized spacial score (nSPS) is 14.8. The molecular weight excluding hydrogens is 316 g/mol. The second kappa shape index (κ2) is 5.52. The van der Waals surface area contributed by atoms with Crippen molar-refractivity contribution >= 4 is 17.0 Å². The lowest BCUT2D eigenvalue weighted by Crippen LogP contribution is -2.27. The first-order valence-corrected chi connectivity index (χ1v) is 8.10. The van der Waals surface area contributed by atoms with E-state index in [1.807, 2.05) is 68.5 Å². The lowest BCUT2D eigenvalue weighted by Gasteiger charge is -2.27. The average molecular weight is 334 g/mol. The predicted octanol–water partition coefficient (Wildman–Crippen LogP) is 4.65. The fourth-order valence-electron chi connectivity index (χ4n) is 3.01. The van der Waals surface area contributed by atoms with Crippen LogP contribution in [0.4, 0.5) is 0 Å². The van der Waals surface area contributed by atoms with Gasteiger partial charge in [-0.05, 0) is 61.9 Å². The van der Waals surface area contributed by atoms with Gasteiger partial charge in [-0.2, -0.15) is 0 Å². The summed E-state index contributed by atoms with van der Waals surface area (Å²) in [5, 5.41) is 0.858. The molecule has 0 radical (unpaired) electrons. The molecule has 3 aromatic rings. The van der Waals surface area contributed by atoms with E-state index in [0.29, 0.717) is 11.1 Å².